The standard InChI is InChI=1S/C61H41NS/c1-3-12-41(13-4-1)43-26-33-49(34-27-43)62(50-35-28-44(29-36-50)42-22-24-46(25-23-42)52-19-11-21-59-61(52)56-18-9-10-20-58(56)63-59)51-37-30-45(31-38-51)48-32-39-54-53-16-7-8-17-55(53)60(57(54)40-48)47-14-5-2-6-15-47/h1-40,54H. The second kappa shape index (κ2) is 15.6. The van der Waals surface area contributed by atoms with Crippen LogP contribution in [0.5, 0.6) is 0 Å². The molecule has 0 aliphatic heterocycles. The van der Waals surface area contributed by atoms with Gasteiger partial charge in [-0.2, -0.15) is 0 Å². The Morgan fingerprint density at radius 3 is 1.52 bits per heavy atom. The van der Waals surface area contributed by atoms with Crippen molar-refractivity contribution < 1.29 is 0 Å². The highest BCUT2D eigenvalue weighted by Crippen LogP contribution is 2.49. The van der Waals surface area contributed by atoms with Crippen LogP contribution >= 0.6 is 11.3 Å². The van der Waals surface area contributed by atoms with E-state index in [1.165, 1.54) is 92.5 Å². The van der Waals surface area contributed by atoms with Crippen molar-refractivity contribution in [3.63, 3.8) is 0 Å². The smallest absolute Gasteiger partial charge is 0.0462 e. The van der Waals surface area contributed by atoms with Crippen LogP contribution < -0.4 is 4.90 Å². The highest BCUT2D eigenvalue weighted by atomic mass is 32.1. The maximum absolute atomic E-state index is 2.41. The molecule has 0 saturated heterocycles. The molecule has 0 radical (unpaired) electrons. The molecule has 296 valence electrons. The number of thiophene rings is 1. The Morgan fingerprint density at radius 2 is 0.857 bits per heavy atom. The minimum Gasteiger partial charge on any atom is -0.311 e. The first kappa shape index (κ1) is 37.0. The van der Waals surface area contributed by atoms with Crippen molar-refractivity contribution in [3.05, 3.63) is 271 Å². The first-order valence-corrected chi connectivity index (χ1v) is 22.5. The van der Waals surface area contributed by atoms with E-state index < -0.39 is 0 Å². The third kappa shape index (κ3) is 6.64. The summed E-state index contributed by atoms with van der Waals surface area (Å²) in [5, 5.41) is 2.67. The molecule has 1 unspecified atom stereocenters. The Bertz CT molecular complexity index is 3390. The van der Waals surface area contributed by atoms with Gasteiger partial charge in [0.1, 0.15) is 0 Å². The molecule has 9 aromatic carbocycles. The van der Waals surface area contributed by atoms with Crippen molar-refractivity contribution in [1.82, 2.24) is 0 Å². The van der Waals surface area contributed by atoms with E-state index >= 15 is 0 Å². The summed E-state index contributed by atoms with van der Waals surface area (Å²) < 4.78 is 2.66. The highest BCUT2D eigenvalue weighted by molar-refractivity contribution is 7.25. The fourth-order valence-electron chi connectivity index (χ4n) is 9.71. The van der Waals surface area contributed by atoms with E-state index in [0.717, 1.165) is 17.1 Å². The first-order valence-electron chi connectivity index (χ1n) is 21.7. The number of hydrogen-bond donors (Lipinski definition) is 0. The van der Waals surface area contributed by atoms with Crippen molar-refractivity contribution in [1.29, 1.82) is 0 Å². The van der Waals surface area contributed by atoms with Gasteiger partial charge in [-0.15, -0.1) is 11.3 Å². The van der Waals surface area contributed by atoms with Gasteiger partial charge in [-0.05, 0) is 127 Å². The number of allylic oxidation sites excluding steroid dienone is 5. The molecular weight excluding hydrogens is 779 g/mol. The summed E-state index contributed by atoms with van der Waals surface area (Å²) in [6.07, 6.45) is 7.11. The second-order valence-electron chi connectivity index (χ2n) is 16.4. The number of hydrogen-bond acceptors (Lipinski definition) is 2. The predicted molar refractivity (Wildman–Crippen MR) is 269 cm³/mol. The number of anilines is 3. The van der Waals surface area contributed by atoms with Crippen molar-refractivity contribution >= 4 is 59.7 Å². The molecule has 2 heteroatoms. The zero-order chi connectivity index (χ0) is 41.7. The Morgan fingerprint density at radius 1 is 0.365 bits per heavy atom. The first-order chi connectivity index (χ1) is 31.2. The molecule has 1 atom stereocenters. The number of benzene rings is 9. The zero-order valence-electron chi connectivity index (χ0n) is 34.5. The number of rotatable bonds is 8. The van der Waals surface area contributed by atoms with Crippen LogP contribution in [0.3, 0.4) is 0 Å². The van der Waals surface area contributed by atoms with Crippen LogP contribution in [0.25, 0.3) is 64.7 Å². The number of fused-ring (bicyclic) bond motifs is 6. The van der Waals surface area contributed by atoms with Gasteiger partial charge in [0.2, 0.25) is 0 Å². The van der Waals surface area contributed by atoms with E-state index in [-0.39, 0.29) is 5.92 Å². The van der Waals surface area contributed by atoms with Crippen molar-refractivity contribution in [2.75, 3.05) is 4.90 Å². The third-order valence-electron chi connectivity index (χ3n) is 12.8. The van der Waals surface area contributed by atoms with E-state index in [0.29, 0.717) is 0 Å². The van der Waals surface area contributed by atoms with Gasteiger partial charge >= 0.3 is 0 Å². The van der Waals surface area contributed by atoms with Gasteiger partial charge in [0.25, 0.3) is 0 Å². The molecule has 0 amide bonds. The lowest BCUT2D eigenvalue weighted by Crippen LogP contribution is -2.10. The summed E-state index contributed by atoms with van der Waals surface area (Å²) >= 11 is 1.87. The maximum atomic E-state index is 2.41. The summed E-state index contributed by atoms with van der Waals surface area (Å²) in [5.41, 5.74) is 19.7. The van der Waals surface area contributed by atoms with Crippen molar-refractivity contribution in [3.8, 4) is 33.4 Å². The molecule has 0 fully saturated rings. The summed E-state index contributed by atoms with van der Waals surface area (Å²) in [6, 6.07) is 81.8. The Labute approximate surface area is 372 Å². The van der Waals surface area contributed by atoms with Crippen LogP contribution in [0.4, 0.5) is 17.1 Å². The molecule has 1 heterocycles. The zero-order valence-corrected chi connectivity index (χ0v) is 35.3. The van der Waals surface area contributed by atoms with E-state index in [9.17, 15) is 0 Å². The predicted octanol–water partition coefficient (Wildman–Crippen LogP) is 17.1. The Hall–Kier alpha value is -7.78. The van der Waals surface area contributed by atoms with Gasteiger partial charge in [0.15, 0.2) is 0 Å². The topological polar surface area (TPSA) is 3.24 Å². The van der Waals surface area contributed by atoms with Crippen LogP contribution in [0.15, 0.2) is 248 Å². The maximum Gasteiger partial charge on any atom is 0.0462 e. The quantitative estimate of drug-likeness (QED) is 0.148. The molecule has 12 rings (SSSR count). The average molecular weight is 820 g/mol. The minimum atomic E-state index is 0.261. The van der Waals surface area contributed by atoms with Crippen LogP contribution in [0.2, 0.25) is 0 Å². The van der Waals surface area contributed by atoms with Gasteiger partial charge < -0.3 is 4.90 Å². The molecule has 0 N–H and O–H groups in total. The summed E-state index contributed by atoms with van der Waals surface area (Å²) in [5.74, 6) is 0.261. The lowest BCUT2D eigenvalue weighted by molar-refractivity contribution is 1.05. The normalized spacial score (nSPS) is 14.2. The van der Waals surface area contributed by atoms with Gasteiger partial charge in [-0.25, -0.2) is 0 Å². The minimum absolute atomic E-state index is 0.261. The van der Waals surface area contributed by atoms with Gasteiger partial charge in [0, 0.05) is 43.2 Å². The highest BCUT2D eigenvalue weighted by Gasteiger charge is 2.31. The summed E-state index contributed by atoms with van der Waals surface area (Å²) in [7, 11) is 0. The Kier molecular flexibility index (Phi) is 9.17. The molecule has 1 nitrogen and oxygen atoms in total. The van der Waals surface area contributed by atoms with Gasteiger partial charge in [-0.3, -0.25) is 0 Å². The lowest BCUT2D eigenvalue weighted by atomic mass is 9.86. The van der Waals surface area contributed by atoms with Gasteiger partial charge in [0.05, 0.1) is 0 Å². The van der Waals surface area contributed by atoms with Crippen molar-refractivity contribution in [2.45, 2.75) is 5.92 Å². The van der Waals surface area contributed by atoms with E-state index in [2.05, 4.69) is 248 Å². The summed E-state index contributed by atoms with van der Waals surface area (Å²) in [4.78, 5) is 2.36. The van der Waals surface area contributed by atoms with Gasteiger partial charge in [-0.1, -0.05) is 188 Å². The molecular formula is C61H41NS. The van der Waals surface area contributed by atoms with Crippen LogP contribution in [-0.2, 0) is 0 Å². The van der Waals surface area contributed by atoms with Crippen molar-refractivity contribution in [2.24, 2.45) is 0 Å². The van der Waals surface area contributed by atoms with Crippen LogP contribution in [0, 0.1) is 0 Å². The molecule has 0 spiro atoms. The second-order valence-corrected chi connectivity index (χ2v) is 17.5. The summed E-state index contributed by atoms with van der Waals surface area (Å²) in [6.45, 7) is 0. The number of nitrogens with zero attached hydrogens (tertiary/aromatic N) is 1. The molecule has 0 bridgehead atoms. The third-order valence-corrected chi connectivity index (χ3v) is 13.9. The lowest BCUT2D eigenvalue weighted by Gasteiger charge is -2.26. The molecule has 10 aromatic rings. The molecule has 63 heavy (non-hydrogen) atoms. The molecule has 0 saturated carbocycles. The molecule has 2 aliphatic rings. The van der Waals surface area contributed by atoms with E-state index in [1.54, 1.807) is 0 Å². The van der Waals surface area contributed by atoms with Crippen LogP contribution in [-0.4, -0.2) is 0 Å². The fourth-order valence-corrected chi connectivity index (χ4v) is 10.8. The fraction of sp³-hybridized carbons (Fsp3) is 0.0164. The SMILES string of the molecule is C1=CC2C(=C(c3ccccc3)c3ccccc32)C=C1c1ccc(N(c2ccc(-c3ccccc3)cc2)c2ccc(-c3ccc(-c4cccc5sc6ccccc6c45)cc3)cc2)cc1. The average Bonchev–Trinajstić information content (AvgIpc) is 3.91. The van der Waals surface area contributed by atoms with Crippen LogP contribution in [0.1, 0.15) is 28.2 Å². The monoisotopic (exact) mass is 819 g/mol. The molecule has 2 aliphatic carbocycles. The van der Waals surface area contributed by atoms with E-state index in [4.69, 9.17) is 0 Å². The Balaban J connectivity index is 0.878. The van der Waals surface area contributed by atoms with E-state index in [1.807, 2.05) is 11.3 Å². The largest absolute Gasteiger partial charge is 0.311 e. The molecule has 1 aromatic heterocycles.